The van der Waals surface area contributed by atoms with Gasteiger partial charge < -0.3 is 20.5 Å². The van der Waals surface area contributed by atoms with Gasteiger partial charge in [0.15, 0.2) is 0 Å². The number of alkyl halides is 3. The van der Waals surface area contributed by atoms with E-state index in [9.17, 15) is 26.7 Å². The predicted octanol–water partition coefficient (Wildman–Crippen LogP) is 5.02. The minimum absolute atomic E-state index is 0.0259. The quantitative estimate of drug-likeness (QED) is 0.407. The van der Waals surface area contributed by atoms with Gasteiger partial charge in [-0.3, -0.25) is 0 Å². The van der Waals surface area contributed by atoms with Crippen LogP contribution in [0.1, 0.15) is 24.1 Å². The lowest BCUT2D eigenvalue weighted by Crippen LogP contribution is -2.38. The predicted molar refractivity (Wildman–Crippen MR) is 109 cm³/mol. The Hall–Kier alpha value is -2.73. The van der Waals surface area contributed by atoms with E-state index in [0.717, 1.165) is 17.7 Å². The topological polar surface area (TPSA) is 92.9 Å². The number of nitrogens with zero attached hydrogens (tertiary/aromatic N) is 1. The number of aliphatic carboxylic acids is 1. The lowest BCUT2D eigenvalue weighted by atomic mass is 10.1. The molecule has 0 radical (unpaired) electrons. The van der Waals surface area contributed by atoms with Crippen LogP contribution >= 0.6 is 15.9 Å². The summed E-state index contributed by atoms with van der Waals surface area (Å²) in [5.74, 6) is -3.97. The first-order valence-corrected chi connectivity index (χ1v) is 9.79. The zero-order valence-electron chi connectivity index (χ0n) is 16.7. The highest BCUT2D eigenvalue weighted by Gasteiger charge is 2.38. The van der Waals surface area contributed by atoms with E-state index in [0.29, 0.717) is 0 Å². The second kappa shape index (κ2) is 12.3. The Morgan fingerprint density at radius 1 is 1.16 bits per heavy atom. The van der Waals surface area contributed by atoms with Gasteiger partial charge in [0.1, 0.15) is 18.2 Å². The number of amides is 1. The number of ether oxygens (including phenoxy) is 1. The summed E-state index contributed by atoms with van der Waals surface area (Å²) < 4.78 is 65.0. The van der Waals surface area contributed by atoms with Crippen LogP contribution in [0.15, 0.2) is 46.9 Å². The molecular formula is C20H20BrF5N2O4. The molecule has 2 rings (SSSR count). The molecule has 32 heavy (non-hydrogen) atoms. The van der Waals surface area contributed by atoms with Gasteiger partial charge in [-0.15, -0.1) is 0 Å². The fraction of sp³-hybridized carbons (Fsp3) is 0.300. The number of carbonyl (C=O) groups is 2. The normalized spacial score (nSPS) is 11.8. The fourth-order valence-electron chi connectivity index (χ4n) is 2.41. The molecule has 12 heteroatoms. The van der Waals surface area contributed by atoms with Crippen molar-refractivity contribution in [2.45, 2.75) is 25.7 Å². The van der Waals surface area contributed by atoms with Crippen molar-refractivity contribution in [1.29, 1.82) is 0 Å². The molecule has 176 valence electrons. The van der Waals surface area contributed by atoms with Crippen molar-refractivity contribution in [1.82, 2.24) is 4.90 Å². The number of halogens is 6. The maximum atomic E-state index is 14.2. The molecule has 0 spiro atoms. The van der Waals surface area contributed by atoms with E-state index in [1.54, 1.807) is 6.92 Å². The van der Waals surface area contributed by atoms with Crippen molar-refractivity contribution in [2.24, 2.45) is 5.73 Å². The average Bonchev–Trinajstić information content (AvgIpc) is 2.73. The van der Waals surface area contributed by atoms with Crippen LogP contribution in [0.3, 0.4) is 0 Å². The first kappa shape index (κ1) is 27.3. The lowest BCUT2D eigenvalue weighted by Gasteiger charge is -2.28. The number of hydrogen-bond donors (Lipinski definition) is 2. The molecule has 0 aliphatic rings. The molecule has 0 bridgehead atoms. The van der Waals surface area contributed by atoms with Crippen LogP contribution in [0.4, 0.5) is 26.7 Å². The van der Waals surface area contributed by atoms with Gasteiger partial charge in [-0.2, -0.15) is 13.2 Å². The minimum Gasteiger partial charge on any atom is -0.475 e. The molecule has 0 aromatic heterocycles. The van der Waals surface area contributed by atoms with Crippen LogP contribution in [-0.4, -0.2) is 41.3 Å². The van der Waals surface area contributed by atoms with E-state index >= 15 is 0 Å². The second-order valence-electron chi connectivity index (χ2n) is 6.29. The fourth-order valence-corrected chi connectivity index (χ4v) is 2.73. The third-order valence-corrected chi connectivity index (χ3v) is 4.62. The number of carboxylic acids is 1. The monoisotopic (exact) mass is 526 g/mol. The SMILES string of the molecule is CC(c1cc(F)c(Br)cc1F)N(CCN)C(=O)OCc1ccccc1.O=C(O)C(F)(F)F. The molecule has 0 aliphatic heterocycles. The van der Waals surface area contributed by atoms with Crippen molar-refractivity contribution in [3.8, 4) is 0 Å². The first-order chi connectivity index (χ1) is 14.9. The number of benzene rings is 2. The molecule has 1 atom stereocenters. The molecule has 0 heterocycles. The Kier molecular flexibility index (Phi) is 10.5. The maximum absolute atomic E-state index is 14.2. The van der Waals surface area contributed by atoms with Crippen molar-refractivity contribution in [3.63, 3.8) is 0 Å². The summed E-state index contributed by atoms with van der Waals surface area (Å²) >= 11 is 2.94. The highest BCUT2D eigenvalue weighted by molar-refractivity contribution is 9.10. The molecular weight excluding hydrogens is 507 g/mol. The number of hydrogen-bond acceptors (Lipinski definition) is 4. The van der Waals surface area contributed by atoms with Gasteiger partial charge >= 0.3 is 18.2 Å². The Labute approximate surface area is 188 Å². The molecule has 3 N–H and O–H groups in total. The van der Waals surface area contributed by atoms with Crippen molar-refractivity contribution < 1.29 is 41.4 Å². The number of rotatable bonds is 6. The van der Waals surface area contributed by atoms with E-state index in [1.807, 2.05) is 30.3 Å². The molecule has 0 fully saturated rings. The van der Waals surface area contributed by atoms with Crippen LogP contribution in [0.5, 0.6) is 0 Å². The van der Waals surface area contributed by atoms with Gasteiger partial charge in [-0.25, -0.2) is 18.4 Å². The van der Waals surface area contributed by atoms with Crippen LogP contribution in [0.25, 0.3) is 0 Å². The summed E-state index contributed by atoms with van der Waals surface area (Å²) in [7, 11) is 0. The zero-order chi connectivity index (χ0) is 24.5. The summed E-state index contributed by atoms with van der Waals surface area (Å²) in [4.78, 5) is 22.6. The molecule has 0 saturated heterocycles. The molecule has 1 amide bonds. The van der Waals surface area contributed by atoms with Crippen LogP contribution < -0.4 is 5.73 Å². The molecule has 0 saturated carbocycles. The van der Waals surface area contributed by atoms with E-state index in [1.165, 1.54) is 4.90 Å². The first-order valence-electron chi connectivity index (χ1n) is 9.00. The van der Waals surface area contributed by atoms with Crippen molar-refractivity contribution >= 4 is 28.0 Å². The number of carboxylic acid groups (broad SMARTS) is 1. The Bertz CT molecular complexity index is 913. The third-order valence-electron chi connectivity index (χ3n) is 4.01. The molecule has 2 aromatic rings. The van der Waals surface area contributed by atoms with Gasteiger partial charge in [-0.1, -0.05) is 30.3 Å². The molecule has 0 aliphatic carbocycles. The van der Waals surface area contributed by atoms with E-state index in [-0.39, 0.29) is 29.7 Å². The zero-order valence-corrected chi connectivity index (χ0v) is 18.3. The molecule has 2 aromatic carbocycles. The van der Waals surface area contributed by atoms with Gasteiger partial charge in [0.25, 0.3) is 0 Å². The Balaban J connectivity index is 0.000000633. The lowest BCUT2D eigenvalue weighted by molar-refractivity contribution is -0.192. The standard InChI is InChI=1S/C18H19BrF2N2O2.C2HF3O2/c1-12(14-9-17(21)15(19)10-16(14)20)23(8-7-22)18(24)25-11-13-5-3-2-4-6-13;3-2(4,5)1(6)7/h2-6,9-10,12H,7-8,11,22H2,1H3;(H,6,7). The smallest absolute Gasteiger partial charge is 0.475 e. The molecule has 1 unspecified atom stereocenters. The van der Waals surface area contributed by atoms with Gasteiger partial charge in [0.2, 0.25) is 0 Å². The van der Waals surface area contributed by atoms with Crippen LogP contribution in [-0.2, 0) is 16.1 Å². The van der Waals surface area contributed by atoms with Gasteiger partial charge in [0, 0.05) is 18.7 Å². The summed E-state index contributed by atoms with van der Waals surface area (Å²) in [6.07, 6.45) is -5.72. The summed E-state index contributed by atoms with van der Waals surface area (Å²) in [5.41, 5.74) is 6.45. The maximum Gasteiger partial charge on any atom is 0.490 e. The Morgan fingerprint density at radius 3 is 2.22 bits per heavy atom. The highest BCUT2D eigenvalue weighted by Crippen LogP contribution is 2.28. The van der Waals surface area contributed by atoms with Gasteiger partial charge in [0.05, 0.1) is 10.5 Å². The summed E-state index contributed by atoms with van der Waals surface area (Å²) in [6, 6.07) is 10.6. The highest BCUT2D eigenvalue weighted by atomic mass is 79.9. The average molecular weight is 527 g/mol. The van der Waals surface area contributed by atoms with E-state index < -0.39 is 35.9 Å². The summed E-state index contributed by atoms with van der Waals surface area (Å²) in [5, 5.41) is 7.12. The van der Waals surface area contributed by atoms with Gasteiger partial charge in [-0.05, 0) is 40.5 Å². The third kappa shape index (κ3) is 8.42. The van der Waals surface area contributed by atoms with Crippen LogP contribution in [0.2, 0.25) is 0 Å². The van der Waals surface area contributed by atoms with E-state index in [4.69, 9.17) is 20.4 Å². The Morgan fingerprint density at radius 2 is 1.72 bits per heavy atom. The summed E-state index contributed by atoms with van der Waals surface area (Å²) in [6.45, 7) is 2.02. The number of carbonyl (C=O) groups excluding carboxylic acids is 1. The molecule has 6 nitrogen and oxygen atoms in total. The van der Waals surface area contributed by atoms with Crippen molar-refractivity contribution in [2.75, 3.05) is 13.1 Å². The van der Waals surface area contributed by atoms with Crippen LogP contribution in [0, 0.1) is 11.6 Å². The largest absolute Gasteiger partial charge is 0.490 e. The number of nitrogens with two attached hydrogens (primary N) is 1. The van der Waals surface area contributed by atoms with Crippen molar-refractivity contribution in [3.05, 3.63) is 69.7 Å². The second-order valence-corrected chi connectivity index (χ2v) is 7.14. The minimum atomic E-state index is -5.08. The van der Waals surface area contributed by atoms with E-state index in [2.05, 4.69) is 15.9 Å².